The van der Waals surface area contributed by atoms with Gasteiger partial charge in [0.05, 0.1) is 13.2 Å². The highest BCUT2D eigenvalue weighted by atomic mass is 16.5. The molecule has 0 fully saturated rings. The van der Waals surface area contributed by atoms with Gasteiger partial charge in [0.15, 0.2) is 6.61 Å². The summed E-state index contributed by atoms with van der Waals surface area (Å²) in [6.45, 7) is 1.60. The van der Waals surface area contributed by atoms with Crippen molar-refractivity contribution in [3.63, 3.8) is 0 Å². The van der Waals surface area contributed by atoms with Gasteiger partial charge in [-0.25, -0.2) is 4.79 Å². The Balaban J connectivity index is 1.63. The molecule has 0 heterocycles. The molecule has 0 spiro atoms. The molecule has 0 aliphatic heterocycles. The number of carbonyl (C=O) groups is 2. The van der Waals surface area contributed by atoms with Crippen molar-refractivity contribution in [3.05, 3.63) is 107 Å². The van der Waals surface area contributed by atoms with Crippen LogP contribution in [0.2, 0.25) is 0 Å². The second-order valence-corrected chi connectivity index (χ2v) is 6.98. The molecule has 1 N–H and O–H groups in total. The van der Waals surface area contributed by atoms with Gasteiger partial charge in [-0.2, -0.15) is 0 Å². The van der Waals surface area contributed by atoms with Crippen molar-refractivity contribution in [1.29, 1.82) is 0 Å². The molecule has 0 saturated heterocycles. The zero-order valence-electron chi connectivity index (χ0n) is 17.6. The highest BCUT2D eigenvalue weighted by Gasteiger charge is 2.17. The SMILES string of the molecule is COc1ccc([C@@H](NC(=O)COC(=O)/C=C/c2ccccc2C)c2ccccc2)cc1. The van der Waals surface area contributed by atoms with Gasteiger partial charge in [0.2, 0.25) is 0 Å². The fraction of sp³-hybridized carbons (Fsp3) is 0.154. The molecule has 0 aromatic heterocycles. The van der Waals surface area contributed by atoms with Crippen LogP contribution in [0.1, 0.15) is 28.3 Å². The third kappa shape index (κ3) is 6.31. The Labute approximate surface area is 182 Å². The minimum absolute atomic E-state index is 0.365. The Bertz CT molecular complexity index is 1040. The van der Waals surface area contributed by atoms with Crippen molar-refractivity contribution in [2.75, 3.05) is 13.7 Å². The van der Waals surface area contributed by atoms with E-state index in [-0.39, 0.29) is 18.6 Å². The lowest BCUT2D eigenvalue weighted by Crippen LogP contribution is -2.32. The van der Waals surface area contributed by atoms with Gasteiger partial charge in [0.25, 0.3) is 5.91 Å². The molecule has 5 nitrogen and oxygen atoms in total. The summed E-state index contributed by atoms with van der Waals surface area (Å²) >= 11 is 0. The first-order chi connectivity index (χ1) is 15.1. The van der Waals surface area contributed by atoms with Crippen molar-refractivity contribution in [2.24, 2.45) is 0 Å². The summed E-state index contributed by atoms with van der Waals surface area (Å²) in [5.41, 5.74) is 3.79. The van der Waals surface area contributed by atoms with Crippen LogP contribution in [0, 0.1) is 6.92 Å². The van der Waals surface area contributed by atoms with Crippen molar-refractivity contribution in [3.8, 4) is 5.75 Å². The average molecular weight is 415 g/mol. The first-order valence-corrected chi connectivity index (χ1v) is 9.95. The number of methoxy groups -OCH3 is 1. The second-order valence-electron chi connectivity index (χ2n) is 6.98. The Morgan fingerprint density at radius 3 is 2.23 bits per heavy atom. The number of hydrogen-bond acceptors (Lipinski definition) is 4. The van der Waals surface area contributed by atoms with Gasteiger partial charge in [-0.05, 0) is 47.4 Å². The van der Waals surface area contributed by atoms with Gasteiger partial charge in [-0.3, -0.25) is 4.79 Å². The van der Waals surface area contributed by atoms with Crippen molar-refractivity contribution in [2.45, 2.75) is 13.0 Å². The van der Waals surface area contributed by atoms with E-state index >= 15 is 0 Å². The Kier molecular flexibility index (Phi) is 7.60. The van der Waals surface area contributed by atoms with E-state index in [1.54, 1.807) is 13.2 Å². The van der Waals surface area contributed by atoms with Gasteiger partial charge in [0, 0.05) is 6.08 Å². The number of esters is 1. The van der Waals surface area contributed by atoms with E-state index in [4.69, 9.17) is 9.47 Å². The van der Waals surface area contributed by atoms with Crippen LogP contribution in [-0.2, 0) is 14.3 Å². The molecule has 0 saturated carbocycles. The Morgan fingerprint density at radius 1 is 0.903 bits per heavy atom. The zero-order chi connectivity index (χ0) is 22.1. The van der Waals surface area contributed by atoms with E-state index in [1.807, 2.05) is 85.8 Å². The number of carbonyl (C=O) groups excluding carboxylic acids is 2. The quantitative estimate of drug-likeness (QED) is 0.436. The van der Waals surface area contributed by atoms with E-state index in [0.29, 0.717) is 0 Å². The number of amides is 1. The number of aryl methyl sites for hydroxylation is 1. The van der Waals surface area contributed by atoms with Crippen molar-refractivity contribution < 1.29 is 19.1 Å². The number of hydrogen-bond donors (Lipinski definition) is 1. The predicted molar refractivity (Wildman–Crippen MR) is 121 cm³/mol. The summed E-state index contributed by atoms with van der Waals surface area (Å²) in [5, 5.41) is 2.94. The Hall–Kier alpha value is -3.86. The number of rotatable bonds is 8. The van der Waals surface area contributed by atoms with Crippen molar-refractivity contribution >= 4 is 18.0 Å². The van der Waals surface area contributed by atoms with Crippen LogP contribution in [-0.4, -0.2) is 25.6 Å². The summed E-state index contributed by atoms with van der Waals surface area (Å²) in [4.78, 5) is 24.5. The summed E-state index contributed by atoms with van der Waals surface area (Å²) in [6, 6.07) is 24.4. The molecule has 3 aromatic carbocycles. The maximum atomic E-state index is 12.5. The molecule has 0 aliphatic rings. The average Bonchev–Trinajstić information content (AvgIpc) is 2.81. The molecule has 0 unspecified atom stereocenters. The number of ether oxygens (including phenoxy) is 2. The van der Waals surface area contributed by atoms with Crippen LogP contribution in [0.5, 0.6) is 5.75 Å². The first-order valence-electron chi connectivity index (χ1n) is 9.95. The van der Waals surface area contributed by atoms with Crippen LogP contribution in [0.3, 0.4) is 0 Å². The molecule has 1 amide bonds. The fourth-order valence-electron chi connectivity index (χ4n) is 3.12. The lowest BCUT2D eigenvalue weighted by molar-refractivity contribution is -0.143. The van der Waals surface area contributed by atoms with Crippen LogP contribution in [0.4, 0.5) is 0 Å². The van der Waals surface area contributed by atoms with Crippen LogP contribution in [0.25, 0.3) is 6.08 Å². The molecule has 5 heteroatoms. The molecule has 3 aromatic rings. The maximum Gasteiger partial charge on any atom is 0.331 e. The summed E-state index contributed by atoms with van der Waals surface area (Å²) < 4.78 is 10.3. The van der Waals surface area contributed by atoms with E-state index in [9.17, 15) is 9.59 Å². The highest BCUT2D eigenvalue weighted by molar-refractivity contribution is 5.89. The normalized spacial score (nSPS) is 11.7. The van der Waals surface area contributed by atoms with Gasteiger partial charge in [-0.1, -0.05) is 66.7 Å². The Morgan fingerprint density at radius 2 is 1.55 bits per heavy atom. The molecule has 3 rings (SSSR count). The zero-order valence-corrected chi connectivity index (χ0v) is 17.6. The second kappa shape index (κ2) is 10.8. The van der Waals surface area contributed by atoms with E-state index in [0.717, 1.165) is 28.0 Å². The molecule has 0 aliphatic carbocycles. The van der Waals surface area contributed by atoms with Crippen molar-refractivity contribution in [1.82, 2.24) is 5.32 Å². The molecule has 0 bridgehead atoms. The number of benzene rings is 3. The topological polar surface area (TPSA) is 64.6 Å². The maximum absolute atomic E-state index is 12.5. The third-order valence-corrected chi connectivity index (χ3v) is 4.82. The lowest BCUT2D eigenvalue weighted by atomic mass is 9.98. The van der Waals surface area contributed by atoms with Crippen LogP contribution < -0.4 is 10.1 Å². The monoisotopic (exact) mass is 415 g/mol. The van der Waals surface area contributed by atoms with Gasteiger partial charge >= 0.3 is 5.97 Å². The minimum atomic E-state index is -0.570. The van der Waals surface area contributed by atoms with Crippen LogP contribution >= 0.6 is 0 Å². The van der Waals surface area contributed by atoms with E-state index in [1.165, 1.54) is 6.08 Å². The largest absolute Gasteiger partial charge is 0.497 e. The smallest absolute Gasteiger partial charge is 0.331 e. The third-order valence-electron chi connectivity index (χ3n) is 4.82. The summed E-state index contributed by atoms with van der Waals surface area (Å²) in [6.07, 6.45) is 3.01. The number of nitrogens with one attached hydrogen (secondary N) is 1. The first kappa shape index (κ1) is 21.8. The highest BCUT2D eigenvalue weighted by Crippen LogP contribution is 2.24. The molecule has 0 radical (unpaired) electrons. The van der Waals surface area contributed by atoms with Gasteiger partial charge in [-0.15, -0.1) is 0 Å². The summed E-state index contributed by atoms with van der Waals surface area (Å²) in [5.74, 6) is -0.224. The minimum Gasteiger partial charge on any atom is -0.497 e. The molecular formula is C26H25NO4. The summed E-state index contributed by atoms with van der Waals surface area (Å²) in [7, 11) is 1.60. The predicted octanol–water partition coefficient (Wildman–Crippen LogP) is 4.47. The lowest BCUT2D eigenvalue weighted by Gasteiger charge is -2.20. The van der Waals surface area contributed by atoms with Gasteiger partial charge < -0.3 is 14.8 Å². The molecule has 1 atom stereocenters. The fourth-order valence-corrected chi connectivity index (χ4v) is 3.12. The molecular weight excluding hydrogens is 390 g/mol. The van der Waals surface area contributed by atoms with Crippen LogP contribution in [0.15, 0.2) is 84.9 Å². The van der Waals surface area contributed by atoms with E-state index < -0.39 is 5.97 Å². The molecule has 31 heavy (non-hydrogen) atoms. The molecule has 158 valence electrons. The standard InChI is InChI=1S/C26H25NO4/c1-19-8-6-7-9-20(19)14-17-25(29)31-18-24(28)27-26(21-10-4-3-5-11-21)22-12-15-23(30-2)16-13-22/h3-17,26H,18H2,1-2H3,(H,27,28)/b17-14+/t26-/m0/s1. The van der Waals surface area contributed by atoms with Gasteiger partial charge in [0.1, 0.15) is 5.75 Å². The van der Waals surface area contributed by atoms with E-state index in [2.05, 4.69) is 5.32 Å².